The number of hydrogen-bond donors (Lipinski definition) is 1. The van der Waals surface area contributed by atoms with Gasteiger partial charge in [0.25, 0.3) is 0 Å². The van der Waals surface area contributed by atoms with Crippen molar-refractivity contribution in [2.24, 2.45) is 5.92 Å². The van der Waals surface area contributed by atoms with Crippen molar-refractivity contribution in [1.82, 2.24) is 14.7 Å². The largest absolute Gasteiger partial charge is 0.486 e. The van der Waals surface area contributed by atoms with Crippen LogP contribution in [0, 0.1) is 5.92 Å². The molecule has 7 heteroatoms. The van der Waals surface area contributed by atoms with Gasteiger partial charge in [-0.25, -0.2) is 4.98 Å². The van der Waals surface area contributed by atoms with E-state index in [1.165, 1.54) is 0 Å². The lowest BCUT2D eigenvalue weighted by molar-refractivity contribution is -0.121. The number of fused-ring (bicyclic) bond motifs is 2. The van der Waals surface area contributed by atoms with Gasteiger partial charge >= 0.3 is 0 Å². The number of carbonyl (C=O) groups excluding carboxylic acids is 1. The van der Waals surface area contributed by atoms with Crippen molar-refractivity contribution in [2.75, 3.05) is 13.2 Å². The van der Waals surface area contributed by atoms with Gasteiger partial charge in [-0.2, -0.15) is 0 Å². The minimum atomic E-state index is -0.00452. The van der Waals surface area contributed by atoms with Crippen LogP contribution in [-0.2, 0) is 11.2 Å². The van der Waals surface area contributed by atoms with Crippen LogP contribution in [0.15, 0.2) is 60.1 Å². The molecule has 3 heterocycles. The molecule has 1 fully saturated rings. The van der Waals surface area contributed by atoms with E-state index >= 15 is 0 Å². The predicted molar refractivity (Wildman–Crippen MR) is 123 cm³/mol. The molecule has 1 amide bonds. The van der Waals surface area contributed by atoms with E-state index in [-0.39, 0.29) is 11.9 Å². The standard InChI is InChI=1S/C25H23N3O3S/c29-23(13-19-15-32-25-26-20(14-28(19)25)16-4-2-1-3-5-16)27-24(17-6-7-17)18-8-9-21-22(12-18)31-11-10-30-21/h1-5,8-9,12,14-15,17,24H,6-7,10-11,13H2,(H,27,29). The second-order valence-electron chi connectivity index (χ2n) is 8.33. The number of hydrogen-bond acceptors (Lipinski definition) is 5. The molecule has 0 saturated heterocycles. The Morgan fingerprint density at radius 3 is 2.75 bits per heavy atom. The van der Waals surface area contributed by atoms with E-state index < -0.39 is 0 Å². The van der Waals surface area contributed by atoms with Gasteiger partial charge in [0.15, 0.2) is 16.5 Å². The molecule has 32 heavy (non-hydrogen) atoms. The third-order valence-electron chi connectivity index (χ3n) is 6.03. The normalized spacial score (nSPS) is 16.1. The average Bonchev–Trinajstić information content (AvgIpc) is 3.48. The quantitative estimate of drug-likeness (QED) is 0.469. The third kappa shape index (κ3) is 3.73. The number of nitrogens with zero attached hydrogens (tertiary/aromatic N) is 2. The molecule has 1 saturated carbocycles. The molecular formula is C25H23N3O3S. The second kappa shape index (κ2) is 7.98. The Labute approximate surface area is 189 Å². The van der Waals surface area contributed by atoms with Crippen molar-refractivity contribution < 1.29 is 14.3 Å². The molecule has 0 bridgehead atoms. The zero-order valence-corrected chi connectivity index (χ0v) is 18.3. The maximum Gasteiger partial charge on any atom is 0.226 e. The Balaban J connectivity index is 1.21. The van der Waals surface area contributed by atoms with Crippen LogP contribution in [0.5, 0.6) is 11.5 Å². The molecule has 1 unspecified atom stereocenters. The first-order valence-electron chi connectivity index (χ1n) is 10.9. The summed E-state index contributed by atoms with van der Waals surface area (Å²) < 4.78 is 13.4. The van der Waals surface area contributed by atoms with E-state index in [0.29, 0.717) is 25.6 Å². The maximum atomic E-state index is 13.0. The fraction of sp³-hybridized carbons (Fsp3) is 0.280. The van der Waals surface area contributed by atoms with E-state index in [4.69, 9.17) is 14.5 Å². The Kier molecular flexibility index (Phi) is 4.83. The Morgan fingerprint density at radius 1 is 1.12 bits per heavy atom. The Morgan fingerprint density at radius 2 is 1.94 bits per heavy atom. The van der Waals surface area contributed by atoms with Gasteiger partial charge in [-0.05, 0) is 36.5 Å². The summed E-state index contributed by atoms with van der Waals surface area (Å²) in [5.41, 5.74) is 4.03. The Hall–Kier alpha value is -3.32. The number of carbonyl (C=O) groups is 1. The Bertz CT molecular complexity index is 1280. The average molecular weight is 446 g/mol. The predicted octanol–water partition coefficient (Wildman–Crippen LogP) is 4.64. The highest BCUT2D eigenvalue weighted by molar-refractivity contribution is 7.15. The molecule has 2 aromatic carbocycles. The molecule has 0 spiro atoms. The van der Waals surface area contributed by atoms with Crippen LogP contribution >= 0.6 is 11.3 Å². The van der Waals surface area contributed by atoms with Crippen LogP contribution in [0.4, 0.5) is 0 Å². The summed E-state index contributed by atoms with van der Waals surface area (Å²) in [6.45, 7) is 1.13. The molecule has 0 radical (unpaired) electrons. The lowest BCUT2D eigenvalue weighted by atomic mass is 10.0. The fourth-order valence-corrected chi connectivity index (χ4v) is 5.12. The van der Waals surface area contributed by atoms with Gasteiger partial charge in [0.2, 0.25) is 5.91 Å². The summed E-state index contributed by atoms with van der Waals surface area (Å²) >= 11 is 1.56. The molecule has 162 valence electrons. The van der Waals surface area contributed by atoms with E-state index in [1.807, 2.05) is 64.5 Å². The van der Waals surface area contributed by atoms with Crippen LogP contribution in [0.1, 0.15) is 30.1 Å². The van der Waals surface area contributed by atoms with Gasteiger partial charge in [0.05, 0.1) is 18.2 Å². The number of rotatable bonds is 6. The third-order valence-corrected chi connectivity index (χ3v) is 6.92. The number of benzene rings is 2. The molecule has 1 aliphatic carbocycles. The minimum Gasteiger partial charge on any atom is -0.486 e. The van der Waals surface area contributed by atoms with Crippen molar-refractivity contribution in [3.63, 3.8) is 0 Å². The number of amides is 1. The van der Waals surface area contributed by atoms with E-state index in [2.05, 4.69) is 5.32 Å². The van der Waals surface area contributed by atoms with Crippen molar-refractivity contribution in [3.05, 3.63) is 71.4 Å². The van der Waals surface area contributed by atoms with Gasteiger partial charge in [0.1, 0.15) is 13.2 Å². The topological polar surface area (TPSA) is 64.9 Å². The van der Waals surface area contributed by atoms with Crippen LogP contribution in [0.2, 0.25) is 0 Å². The molecular weight excluding hydrogens is 422 g/mol. The van der Waals surface area contributed by atoms with Crippen molar-refractivity contribution in [2.45, 2.75) is 25.3 Å². The van der Waals surface area contributed by atoms with Gasteiger partial charge < -0.3 is 14.8 Å². The fourth-order valence-electron chi connectivity index (χ4n) is 4.25. The maximum absolute atomic E-state index is 13.0. The van der Waals surface area contributed by atoms with Crippen LogP contribution in [0.3, 0.4) is 0 Å². The van der Waals surface area contributed by atoms with Crippen LogP contribution in [-0.4, -0.2) is 28.5 Å². The summed E-state index contributed by atoms with van der Waals surface area (Å²) in [5.74, 6) is 2.03. The first kappa shape index (κ1) is 19.4. The van der Waals surface area contributed by atoms with E-state index in [9.17, 15) is 4.79 Å². The summed E-state index contributed by atoms with van der Waals surface area (Å²) in [7, 11) is 0. The number of thiazole rings is 1. The van der Waals surface area contributed by atoms with Crippen molar-refractivity contribution in [1.29, 1.82) is 0 Å². The zero-order chi connectivity index (χ0) is 21.5. The highest BCUT2D eigenvalue weighted by atomic mass is 32.1. The summed E-state index contributed by atoms with van der Waals surface area (Å²) in [4.78, 5) is 18.7. The minimum absolute atomic E-state index is 0.00452. The molecule has 1 atom stereocenters. The van der Waals surface area contributed by atoms with Crippen LogP contribution in [0.25, 0.3) is 16.2 Å². The number of nitrogens with one attached hydrogen (secondary N) is 1. The van der Waals surface area contributed by atoms with E-state index in [0.717, 1.165) is 51.8 Å². The molecule has 4 aromatic rings. The summed E-state index contributed by atoms with van der Waals surface area (Å²) in [5, 5.41) is 5.30. The highest BCUT2D eigenvalue weighted by Gasteiger charge is 2.34. The number of aromatic nitrogens is 2. The zero-order valence-electron chi connectivity index (χ0n) is 17.5. The highest BCUT2D eigenvalue weighted by Crippen LogP contribution is 2.43. The van der Waals surface area contributed by atoms with Gasteiger partial charge in [-0.3, -0.25) is 9.20 Å². The first-order chi connectivity index (χ1) is 15.7. The van der Waals surface area contributed by atoms with Gasteiger partial charge in [-0.15, -0.1) is 11.3 Å². The second-order valence-corrected chi connectivity index (χ2v) is 9.17. The van der Waals surface area contributed by atoms with Crippen LogP contribution < -0.4 is 14.8 Å². The molecule has 2 aliphatic rings. The lowest BCUT2D eigenvalue weighted by Crippen LogP contribution is -2.31. The molecule has 1 N–H and O–H groups in total. The van der Waals surface area contributed by atoms with E-state index in [1.54, 1.807) is 11.3 Å². The summed E-state index contributed by atoms with van der Waals surface area (Å²) in [6.07, 6.45) is 4.59. The molecule has 6 rings (SSSR count). The summed E-state index contributed by atoms with van der Waals surface area (Å²) in [6, 6.07) is 16.1. The molecule has 1 aliphatic heterocycles. The van der Waals surface area contributed by atoms with Crippen molar-refractivity contribution >= 4 is 22.2 Å². The number of imidazole rings is 1. The van der Waals surface area contributed by atoms with Gasteiger partial charge in [0, 0.05) is 22.8 Å². The molecule has 2 aromatic heterocycles. The molecule has 6 nitrogen and oxygen atoms in total. The SMILES string of the molecule is O=C(Cc1csc2nc(-c3ccccc3)cn12)NC(c1ccc2c(c1)OCCO2)C1CC1. The first-order valence-corrected chi connectivity index (χ1v) is 11.8. The van der Waals surface area contributed by atoms with Crippen molar-refractivity contribution in [3.8, 4) is 22.8 Å². The lowest BCUT2D eigenvalue weighted by Gasteiger charge is -2.23. The monoisotopic (exact) mass is 445 g/mol. The number of ether oxygens (including phenoxy) is 2. The van der Waals surface area contributed by atoms with Gasteiger partial charge in [-0.1, -0.05) is 36.4 Å². The smallest absolute Gasteiger partial charge is 0.226 e.